The van der Waals surface area contributed by atoms with E-state index < -0.39 is 11.6 Å². The van der Waals surface area contributed by atoms with Gasteiger partial charge in [-0.25, -0.2) is 13.8 Å². The van der Waals surface area contributed by atoms with E-state index in [1.807, 2.05) is 4.90 Å². The third kappa shape index (κ3) is 2.56. The summed E-state index contributed by atoms with van der Waals surface area (Å²) in [5.74, 6) is -0.876. The SMILES string of the molecule is Fc1cnc(N2CCCC3(CCCNC3)C2)c(F)c1. The second-order valence-electron chi connectivity index (χ2n) is 5.76. The van der Waals surface area contributed by atoms with Gasteiger partial charge in [0.15, 0.2) is 11.6 Å². The van der Waals surface area contributed by atoms with Crippen LogP contribution >= 0.6 is 0 Å². The van der Waals surface area contributed by atoms with E-state index in [4.69, 9.17) is 0 Å². The van der Waals surface area contributed by atoms with Crippen molar-refractivity contribution < 1.29 is 8.78 Å². The highest BCUT2D eigenvalue weighted by atomic mass is 19.1. The Labute approximate surface area is 112 Å². The molecule has 0 bridgehead atoms. The molecule has 0 aliphatic carbocycles. The highest BCUT2D eigenvalue weighted by molar-refractivity contribution is 5.41. The highest BCUT2D eigenvalue weighted by Gasteiger charge is 2.37. The van der Waals surface area contributed by atoms with E-state index >= 15 is 0 Å². The van der Waals surface area contributed by atoms with Crippen LogP contribution in [0.15, 0.2) is 12.3 Å². The average Bonchev–Trinajstić information content (AvgIpc) is 2.39. The summed E-state index contributed by atoms with van der Waals surface area (Å²) in [6, 6.07) is 0.919. The van der Waals surface area contributed by atoms with Crippen LogP contribution in [0.25, 0.3) is 0 Å². The van der Waals surface area contributed by atoms with E-state index in [-0.39, 0.29) is 5.41 Å². The fourth-order valence-electron chi connectivity index (χ4n) is 3.41. The Morgan fingerprint density at radius 2 is 2.11 bits per heavy atom. The van der Waals surface area contributed by atoms with Gasteiger partial charge in [-0.05, 0) is 32.2 Å². The molecule has 5 heteroatoms. The zero-order valence-electron chi connectivity index (χ0n) is 11.0. The number of aromatic nitrogens is 1. The summed E-state index contributed by atoms with van der Waals surface area (Å²) in [6.45, 7) is 3.68. The smallest absolute Gasteiger partial charge is 0.168 e. The molecule has 0 radical (unpaired) electrons. The topological polar surface area (TPSA) is 28.2 Å². The van der Waals surface area contributed by atoms with Gasteiger partial charge in [-0.1, -0.05) is 0 Å². The maximum Gasteiger partial charge on any atom is 0.168 e. The molecule has 3 nitrogen and oxygen atoms in total. The van der Waals surface area contributed by atoms with E-state index in [0.29, 0.717) is 5.82 Å². The molecule has 1 atom stereocenters. The first-order valence-electron chi connectivity index (χ1n) is 6.95. The molecule has 2 saturated heterocycles. The maximum absolute atomic E-state index is 13.8. The number of nitrogens with one attached hydrogen (secondary N) is 1. The van der Waals surface area contributed by atoms with Crippen molar-refractivity contribution in [2.75, 3.05) is 31.1 Å². The number of hydrogen-bond donors (Lipinski definition) is 1. The number of pyridine rings is 1. The van der Waals surface area contributed by atoms with Crippen molar-refractivity contribution in [1.82, 2.24) is 10.3 Å². The van der Waals surface area contributed by atoms with Crippen LogP contribution in [-0.4, -0.2) is 31.2 Å². The zero-order chi connectivity index (χ0) is 13.3. The number of rotatable bonds is 1. The largest absolute Gasteiger partial charge is 0.354 e. The molecule has 1 spiro atoms. The lowest BCUT2D eigenvalue weighted by Crippen LogP contribution is -2.51. The second-order valence-corrected chi connectivity index (χ2v) is 5.76. The minimum absolute atomic E-state index is 0.235. The van der Waals surface area contributed by atoms with E-state index in [1.165, 1.54) is 19.3 Å². The number of nitrogens with zero attached hydrogens (tertiary/aromatic N) is 2. The van der Waals surface area contributed by atoms with Crippen LogP contribution in [0, 0.1) is 17.0 Å². The molecular weight excluding hydrogens is 248 g/mol. The fourth-order valence-corrected chi connectivity index (χ4v) is 3.41. The van der Waals surface area contributed by atoms with Gasteiger partial charge in [0.05, 0.1) is 6.20 Å². The summed E-state index contributed by atoms with van der Waals surface area (Å²) in [5, 5.41) is 3.44. The molecule has 2 aliphatic heterocycles. The quantitative estimate of drug-likeness (QED) is 0.846. The first-order valence-corrected chi connectivity index (χ1v) is 6.95. The monoisotopic (exact) mass is 267 g/mol. The van der Waals surface area contributed by atoms with E-state index in [9.17, 15) is 8.78 Å². The molecule has 3 rings (SSSR count). The Hall–Kier alpha value is -1.23. The van der Waals surface area contributed by atoms with Gasteiger partial charge in [0.25, 0.3) is 0 Å². The van der Waals surface area contributed by atoms with Gasteiger partial charge in [0.1, 0.15) is 5.82 Å². The van der Waals surface area contributed by atoms with Gasteiger partial charge < -0.3 is 10.2 Å². The van der Waals surface area contributed by atoms with Crippen molar-refractivity contribution >= 4 is 5.82 Å². The highest BCUT2D eigenvalue weighted by Crippen LogP contribution is 2.37. The molecule has 0 saturated carbocycles. The Morgan fingerprint density at radius 1 is 1.26 bits per heavy atom. The third-order valence-electron chi connectivity index (χ3n) is 4.31. The molecule has 1 unspecified atom stereocenters. The minimum Gasteiger partial charge on any atom is -0.354 e. The van der Waals surface area contributed by atoms with E-state index in [1.54, 1.807) is 0 Å². The molecule has 0 aromatic carbocycles. The number of hydrogen-bond acceptors (Lipinski definition) is 3. The number of halogens is 2. The number of piperidine rings is 2. The van der Waals surface area contributed by atoms with Crippen LogP contribution in [0.2, 0.25) is 0 Å². The van der Waals surface area contributed by atoms with Crippen LogP contribution in [0.3, 0.4) is 0 Å². The molecule has 19 heavy (non-hydrogen) atoms. The Kier molecular flexibility index (Phi) is 3.39. The third-order valence-corrected chi connectivity index (χ3v) is 4.31. The van der Waals surface area contributed by atoms with Crippen LogP contribution < -0.4 is 10.2 Å². The van der Waals surface area contributed by atoms with Crippen LogP contribution in [0.1, 0.15) is 25.7 Å². The van der Waals surface area contributed by atoms with Gasteiger partial charge in [-0.3, -0.25) is 0 Å². The molecular formula is C14H19F2N3. The Balaban J connectivity index is 1.81. The molecule has 3 heterocycles. The van der Waals surface area contributed by atoms with Crippen molar-refractivity contribution in [3.8, 4) is 0 Å². The summed E-state index contributed by atoms with van der Waals surface area (Å²) in [4.78, 5) is 5.91. The summed E-state index contributed by atoms with van der Waals surface area (Å²) < 4.78 is 26.8. The van der Waals surface area contributed by atoms with Gasteiger partial charge in [-0.15, -0.1) is 0 Å². The summed E-state index contributed by atoms with van der Waals surface area (Å²) in [5.41, 5.74) is 0.235. The van der Waals surface area contributed by atoms with Gasteiger partial charge in [-0.2, -0.15) is 0 Å². The minimum atomic E-state index is -0.618. The first-order chi connectivity index (χ1) is 9.19. The molecule has 2 fully saturated rings. The lowest BCUT2D eigenvalue weighted by molar-refractivity contribution is 0.172. The summed E-state index contributed by atoms with van der Waals surface area (Å²) in [6.07, 6.45) is 5.67. The summed E-state index contributed by atoms with van der Waals surface area (Å²) >= 11 is 0. The molecule has 1 N–H and O–H groups in total. The number of anilines is 1. The second kappa shape index (κ2) is 5.04. The lowest BCUT2D eigenvalue weighted by Gasteiger charge is -2.45. The molecule has 1 aromatic heterocycles. The average molecular weight is 267 g/mol. The van der Waals surface area contributed by atoms with Gasteiger partial charge >= 0.3 is 0 Å². The van der Waals surface area contributed by atoms with E-state index in [0.717, 1.165) is 44.9 Å². The van der Waals surface area contributed by atoms with Crippen molar-refractivity contribution in [2.24, 2.45) is 5.41 Å². The summed E-state index contributed by atoms with van der Waals surface area (Å²) in [7, 11) is 0. The normalized spacial score (nSPS) is 27.8. The Morgan fingerprint density at radius 3 is 2.84 bits per heavy atom. The standard InChI is InChI=1S/C14H19F2N3/c15-11-7-12(16)13(18-8-11)19-6-2-4-14(10-19)3-1-5-17-9-14/h7-8,17H,1-6,9-10H2. The van der Waals surface area contributed by atoms with Crippen molar-refractivity contribution in [1.29, 1.82) is 0 Å². The Bertz CT molecular complexity index is 452. The molecule has 2 aliphatic rings. The first kappa shape index (κ1) is 12.8. The van der Waals surface area contributed by atoms with Crippen LogP contribution in [0.5, 0.6) is 0 Å². The van der Waals surface area contributed by atoms with Crippen molar-refractivity contribution in [3.05, 3.63) is 23.9 Å². The van der Waals surface area contributed by atoms with Gasteiger partial charge in [0, 0.05) is 31.1 Å². The van der Waals surface area contributed by atoms with E-state index in [2.05, 4.69) is 10.3 Å². The lowest BCUT2D eigenvalue weighted by atomic mass is 9.74. The molecule has 1 aromatic rings. The zero-order valence-corrected chi connectivity index (χ0v) is 11.0. The van der Waals surface area contributed by atoms with Gasteiger partial charge in [0.2, 0.25) is 0 Å². The van der Waals surface area contributed by atoms with Crippen molar-refractivity contribution in [2.45, 2.75) is 25.7 Å². The predicted octanol–water partition coefficient (Wildman–Crippen LogP) is 2.33. The predicted molar refractivity (Wildman–Crippen MR) is 70.1 cm³/mol. The van der Waals surface area contributed by atoms with Crippen LogP contribution in [-0.2, 0) is 0 Å². The fraction of sp³-hybridized carbons (Fsp3) is 0.643. The van der Waals surface area contributed by atoms with Crippen LogP contribution in [0.4, 0.5) is 14.6 Å². The molecule has 104 valence electrons. The molecule has 0 amide bonds. The van der Waals surface area contributed by atoms with Crippen molar-refractivity contribution in [3.63, 3.8) is 0 Å². The maximum atomic E-state index is 13.8.